The molecule has 1 fully saturated rings. The van der Waals surface area contributed by atoms with Crippen LogP contribution in [0.3, 0.4) is 0 Å². The molecule has 152 valence electrons. The van der Waals surface area contributed by atoms with Gasteiger partial charge in [-0.05, 0) is 44.2 Å². The first-order valence-corrected chi connectivity index (χ1v) is 10.7. The first kappa shape index (κ1) is 21.7. The molecule has 1 aliphatic rings. The van der Waals surface area contributed by atoms with Crippen molar-refractivity contribution in [3.8, 4) is 0 Å². The van der Waals surface area contributed by atoms with E-state index in [0.29, 0.717) is 25.0 Å². The van der Waals surface area contributed by atoms with Crippen LogP contribution in [-0.4, -0.2) is 60.0 Å². The van der Waals surface area contributed by atoms with E-state index in [9.17, 15) is 18.3 Å². The molecule has 2 rings (SSSR count). The number of amides is 1. The predicted molar refractivity (Wildman–Crippen MR) is 102 cm³/mol. The minimum Gasteiger partial charge on any atom is -0.390 e. The third-order valence-corrected chi connectivity index (χ3v) is 6.40. The highest BCUT2D eigenvalue weighted by atomic mass is 32.2. The summed E-state index contributed by atoms with van der Waals surface area (Å²) >= 11 is 0. The lowest BCUT2D eigenvalue weighted by Gasteiger charge is -2.26. The van der Waals surface area contributed by atoms with Gasteiger partial charge in [0.2, 0.25) is 5.91 Å². The van der Waals surface area contributed by atoms with Crippen LogP contribution in [0.4, 0.5) is 0 Å². The quantitative estimate of drug-likeness (QED) is 0.637. The number of carbonyl (C=O) groups excluding carboxylic acids is 1. The van der Waals surface area contributed by atoms with Crippen LogP contribution in [0.25, 0.3) is 0 Å². The van der Waals surface area contributed by atoms with Gasteiger partial charge in [0.1, 0.15) is 0 Å². The van der Waals surface area contributed by atoms with Gasteiger partial charge in [-0.25, -0.2) is 13.4 Å². The molecular formula is C18H30N4O4S. The molecule has 3 atom stereocenters. The maximum absolute atomic E-state index is 12.8. The van der Waals surface area contributed by atoms with Crippen molar-refractivity contribution in [1.29, 1.82) is 0 Å². The molecule has 27 heavy (non-hydrogen) atoms. The Labute approximate surface area is 161 Å². The maximum atomic E-state index is 12.8. The molecule has 1 saturated heterocycles. The van der Waals surface area contributed by atoms with Crippen LogP contribution < -0.4 is 11.1 Å². The largest absolute Gasteiger partial charge is 0.390 e. The number of sulfonamides is 1. The van der Waals surface area contributed by atoms with Crippen molar-refractivity contribution in [3.05, 3.63) is 23.9 Å². The fourth-order valence-corrected chi connectivity index (χ4v) is 4.69. The Kier molecular flexibility index (Phi) is 7.32. The van der Waals surface area contributed by atoms with Gasteiger partial charge in [-0.1, -0.05) is 19.9 Å². The summed E-state index contributed by atoms with van der Waals surface area (Å²) in [6, 6.07) is 3.65. The van der Waals surface area contributed by atoms with Crippen LogP contribution in [-0.2, 0) is 14.8 Å². The molecule has 1 aromatic rings. The predicted octanol–water partition coefficient (Wildman–Crippen LogP) is 0.394. The first-order valence-electron chi connectivity index (χ1n) is 9.29. The minimum absolute atomic E-state index is 0.0314. The Bertz CT molecular complexity index is 753. The van der Waals surface area contributed by atoms with E-state index in [4.69, 9.17) is 5.73 Å². The number of aliphatic hydroxyl groups is 1. The molecule has 0 radical (unpaired) electrons. The van der Waals surface area contributed by atoms with E-state index in [1.54, 1.807) is 19.1 Å². The lowest BCUT2D eigenvalue weighted by Crippen LogP contribution is -2.51. The fraction of sp³-hybridized carbons (Fsp3) is 0.667. The van der Waals surface area contributed by atoms with Gasteiger partial charge in [0, 0.05) is 18.8 Å². The highest BCUT2D eigenvalue weighted by Gasteiger charge is 2.34. The Hall–Kier alpha value is -1.55. The highest BCUT2D eigenvalue weighted by Crippen LogP contribution is 2.20. The number of carbonyl (C=O) groups is 1. The second-order valence-corrected chi connectivity index (χ2v) is 9.43. The highest BCUT2D eigenvalue weighted by molar-refractivity contribution is 7.89. The molecule has 8 nitrogen and oxygen atoms in total. The zero-order valence-corrected chi connectivity index (χ0v) is 16.9. The number of nitrogens with one attached hydrogen (secondary N) is 1. The van der Waals surface area contributed by atoms with Gasteiger partial charge >= 0.3 is 0 Å². The van der Waals surface area contributed by atoms with E-state index in [-0.39, 0.29) is 29.9 Å². The van der Waals surface area contributed by atoms with E-state index >= 15 is 0 Å². The molecular weight excluding hydrogens is 368 g/mol. The zero-order valence-electron chi connectivity index (χ0n) is 16.1. The molecule has 9 heteroatoms. The van der Waals surface area contributed by atoms with Crippen molar-refractivity contribution in [2.24, 2.45) is 11.7 Å². The van der Waals surface area contributed by atoms with Crippen molar-refractivity contribution in [3.63, 3.8) is 0 Å². The molecule has 1 aromatic heterocycles. The smallest absolute Gasteiger partial charge is 0.260 e. The van der Waals surface area contributed by atoms with Crippen molar-refractivity contribution in [2.45, 2.75) is 63.2 Å². The number of nitrogens with two attached hydrogens (primary N) is 1. The van der Waals surface area contributed by atoms with E-state index in [2.05, 4.69) is 10.3 Å². The second kappa shape index (κ2) is 9.09. The van der Waals surface area contributed by atoms with E-state index in [1.807, 2.05) is 13.8 Å². The summed E-state index contributed by atoms with van der Waals surface area (Å²) in [5.74, 6) is -0.0309. The maximum Gasteiger partial charge on any atom is 0.260 e. The van der Waals surface area contributed by atoms with Crippen LogP contribution in [0, 0.1) is 12.8 Å². The summed E-state index contributed by atoms with van der Waals surface area (Å²) in [7, 11) is -3.80. The van der Waals surface area contributed by atoms with Crippen molar-refractivity contribution >= 4 is 15.9 Å². The van der Waals surface area contributed by atoms with Gasteiger partial charge < -0.3 is 16.2 Å². The van der Waals surface area contributed by atoms with Gasteiger partial charge in [-0.2, -0.15) is 4.31 Å². The van der Waals surface area contributed by atoms with Crippen LogP contribution in [0.15, 0.2) is 23.2 Å². The Morgan fingerprint density at radius 1 is 1.44 bits per heavy atom. The molecule has 2 heterocycles. The van der Waals surface area contributed by atoms with Gasteiger partial charge in [-0.15, -0.1) is 0 Å². The summed E-state index contributed by atoms with van der Waals surface area (Å²) in [6.45, 7) is 5.86. The van der Waals surface area contributed by atoms with Crippen LogP contribution in [0.2, 0.25) is 0 Å². The van der Waals surface area contributed by atoms with Crippen LogP contribution >= 0.6 is 0 Å². The summed E-state index contributed by atoms with van der Waals surface area (Å²) in [5.41, 5.74) is 6.51. The van der Waals surface area contributed by atoms with E-state index in [1.165, 1.54) is 10.4 Å². The molecule has 0 aliphatic carbocycles. The Balaban J connectivity index is 2.07. The standard InChI is InChI=1S/C18H30N4O4S/c1-12(2)10-14(19)18(24)21-15-7-5-9-22(11-16(15)23)27(25,26)17-8-4-6-13(3)20-17/h4,6,8,12,14-16,23H,5,7,9-11,19H2,1-3H3,(H,21,24)/t14?,15?,16-/m0/s1. The molecule has 0 saturated carbocycles. The van der Waals surface area contributed by atoms with E-state index in [0.717, 1.165) is 0 Å². The minimum atomic E-state index is -3.80. The average molecular weight is 399 g/mol. The van der Waals surface area contributed by atoms with Crippen molar-refractivity contribution < 1.29 is 18.3 Å². The average Bonchev–Trinajstić information content (AvgIpc) is 2.76. The molecule has 0 bridgehead atoms. The summed E-state index contributed by atoms with van der Waals surface area (Å²) in [4.78, 5) is 16.3. The second-order valence-electron chi connectivity index (χ2n) is 7.54. The van der Waals surface area contributed by atoms with Gasteiger partial charge in [0.05, 0.1) is 18.2 Å². The topological polar surface area (TPSA) is 126 Å². The molecule has 0 aromatic carbocycles. The molecule has 0 spiro atoms. The van der Waals surface area contributed by atoms with Gasteiger partial charge in [0.25, 0.3) is 10.0 Å². The Morgan fingerprint density at radius 3 is 2.78 bits per heavy atom. The number of rotatable bonds is 6. The SMILES string of the molecule is Cc1cccc(S(=O)(=O)N2CCCC(NC(=O)C(N)CC(C)C)[C@@H](O)C2)n1. The number of aromatic nitrogens is 1. The molecule has 2 unspecified atom stereocenters. The van der Waals surface area contributed by atoms with Crippen LogP contribution in [0.5, 0.6) is 0 Å². The Morgan fingerprint density at radius 2 is 2.15 bits per heavy atom. The number of hydrogen-bond donors (Lipinski definition) is 3. The zero-order chi connectivity index (χ0) is 20.2. The number of aryl methyl sites for hydroxylation is 1. The fourth-order valence-electron chi connectivity index (χ4n) is 3.19. The van der Waals surface area contributed by atoms with Crippen molar-refractivity contribution in [2.75, 3.05) is 13.1 Å². The third kappa shape index (κ3) is 5.71. The third-order valence-electron chi connectivity index (χ3n) is 4.63. The number of hydrogen-bond acceptors (Lipinski definition) is 6. The number of nitrogens with zero attached hydrogens (tertiary/aromatic N) is 2. The number of aliphatic hydroxyl groups excluding tert-OH is 1. The first-order chi connectivity index (χ1) is 12.6. The normalized spacial score (nSPS) is 23.0. The van der Waals surface area contributed by atoms with Crippen molar-refractivity contribution in [1.82, 2.24) is 14.6 Å². The molecule has 4 N–H and O–H groups in total. The number of β-amino-alcohol motifs (C(OH)–C–C–N with tert-alkyl or cyclic N) is 1. The van der Waals surface area contributed by atoms with Gasteiger partial charge in [0.15, 0.2) is 5.03 Å². The lowest BCUT2D eigenvalue weighted by molar-refractivity contribution is -0.124. The van der Waals surface area contributed by atoms with Crippen LogP contribution in [0.1, 0.15) is 38.8 Å². The molecule has 1 aliphatic heterocycles. The summed E-state index contributed by atoms with van der Waals surface area (Å²) in [6.07, 6.45) is 0.539. The van der Waals surface area contributed by atoms with Gasteiger partial charge in [-0.3, -0.25) is 4.79 Å². The summed E-state index contributed by atoms with van der Waals surface area (Å²) < 4.78 is 26.9. The number of pyridine rings is 1. The summed E-state index contributed by atoms with van der Waals surface area (Å²) in [5, 5.41) is 13.3. The lowest BCUT2D eigenvalue weighted by atomic mass is 10.0. The van der Waals surface area contributed by atoms with E-state index < -0.39 is 28.2 Å². The molecule has 1 amide bonds. The monoisotopic (exact) mass is 398 g/mol.